The van der Waals surface area contributed by atoms with Gasteiger partial charge in [-0.15, -0.1) is 0 Å². The summed E-state index contributed by atoms with van der Waals surface area (Å²) in [4.78, 5) is 35.3. The second-order valence-corrected chi connectivity index (χ2v) is 6.81. The third kappa shape index (κ3) is 5.75. The van der Waals surface area contributed by atoms with Gasteiger partial charge in [0.05, 0.1) is 23.2 Å². The minimum Gasteiger partial charge on any atom is -0.368 e. The van der Waals surface area contributed by atoms with Crippen molar-refractivity contribution in [3.63, 3.8) is 0 Å². The molecule has 160 valence electrons. The largest absolute Gasteiger partial charge is 0.417 e. The molecule has 30 heavy (non-hydrogen) atoms. The summed E-state index contributed by atoms with van der Waals surface area (Å²) < 4.78 is 78.4. The van der Waals surface area contributed by atoms with Gasteiger partial charge >= 0.3 is 12.4 Å². The fourth-order valence-electron chi connectivity index (χ4n) is 2.30. The van der Waals surface area contributed by atoms with Crippen molar-refractivity contribution in [1.82, 2.24) is 5.32 Å². The van der Waals surface area contributed by atoms with Crippen LogP contribution in [0.1, 0.15) is 31.8 Å². The Morgan fingerprint density at radius 1 is 0.900 bits per heavy atom. The molecule has 2 aromatic rings. The third-order valence-corrected chi connectivity index (χ3v) is 4.61. The number of alkyl halides is 6. The predicted molar refractivity (Wildman–Crippen MR) is 94.6 cm³/mol. The summed E-state index contributed by atoms with van der Waals surface area (Å²) in [5, 5.41) is 0.806. The number of halogens is 6. The van der Waals surface area contributed by atoms with Gasteiger partial charge in [0.15, 0.2) is 0 Å². The van der Waals surface area contributed by atoms with E-state index in [4.69, 9.17) is 5.73 Å². The van der Waals surface area contributed by atoms with Crippen LogP contribution in [0.4, 0.5) is 26.3 Å². The molecule has 0 saturated heterocycles. The normalized spacial score (nSPS) is 11.8. The maximum atomic E-state index is 13.2. The highest BCUT2D eigenvalue weighted by atomic mass is 32.2. The van der Waals surface area contributed by atoms with Crippen LogP contribution in [0.3, 0.4) is 0 Å². The Morgan fingerprint density at radius 2 is 1.53 bits per heavy atom. The van der Waals surface area contributed by atoms with Gasteiger partial charge in [0.2, 0.25) is 11.0 Å². The van der Waals surface area contributed by atoms with Crippen molar-refractivity contribution >= 4 is 28.7 Å². The number of nitrogens with two attached hydrogens (primary N) is 1. The van der Waals surface area contributed by atoms with Gasteiger partial charge in [-0.25, -0.2) is 0 Å². The molecule has 0 aromatic heterocycles. The average molecular weight is 450 g/mol. The Morgan fingerprint density at radius 3 is 2.10 bits per heavy atom. The molecule has 0 radical (unpaired) electrons. The van der Waals surface area contributed by atoms with Crippen LogP contribution >= 0.6 is 11.8 Å². The molecule has 0 aliphatic rings. The summed E-state index contributed by atoms with van der Waals surface area (Å²) in [7, 11) is 0. The monoisotopic (exact) mass is 450 g/mol. The van der Waals surface area contributed by atoms with E-state index >= 15 is 0 Å². The molecule has 0 spiro atoms. The maximum Gasteiger partial charge on any atom is 0.417 e. The van der Waals surface area contributed by atoms with Crippen molar-refractivity contribution in [2.45, 2.75) is 17.2 Å². The minimum atomic E-state index is -5.08. The highest BCUT2D eigenvalue weighted by molar-refractivity contribution is 8.14. The van der Waals surface area contributed by atoms with Crippen molar-refractivity contribution < 1.29 is 40.7 Å². The van der Waals surface area contributed by atoms with Gasteiger partial charge in [-0.2, -0.15) is 26.3 Å². The van der Waals surface area contributed by atoms with Crippen molar-refractivity contribution in [3.8, 4) is 0 Å². The number of amides is 2. The Hall–Kier alpha value is -3.02. The van der Waals surface area contributed by atoms with Crippen LogP contribution in [-0.2, 0) is 17.1 Å². The summed E-state index contributed by atoms with van der Waals surface area (Å²) in [5.74, 6) is -1.70. The second-order valence-electron chi connectivity index (χ2n) is 5.79. The Bertz CT molecular complexity index is 989. The van der Waals surface area contributed by atoms with Crippen LogP contribution in [0.25, 0.3) is 0 Å². The van der Waals surface area contributed by atoms with Gasteiger partial charge in [-0.3, -0.25) is 14.4 Å². The summed E-state index contributed by atoms with van der Waals surface area (Å²) in [5.41, 5.74) is 0.578. The molecular formula is C18H12F6N2O3S. The first-order chi connectivity index (χ1) is 13.8. The first-order valence-corrected chi connectivity index (χ1v) is 8.78. The van der Waals surface area contributed by atoms with Gasteiger partial charge in [0, 0.05) is 10.5 Å². The Labute approximate surface area is 169 Å². The summed E-state index contributed by atoms with van der Waals surface area (Å²) in [6.07, 6.45) is -10.0. The summed E-state index contributed by atoms with van der Waals surface area (Å²) in [6, 6.07) is 5.74. The molecule has 0 aliphatic heterocycles. The number of thioether (sulfide) groups is 1. The molecule has 0 aliphatic carbocycles. The van der Waals surface area contributed by atoms with Crippen molar-refractivity contribution in [2.24, 2.45) is 5.73 Å². The lowest BCUT2D eigenvalue weighted by Gasteiger charge is -2.15. The molecule has 2 rings (SSSR count). The first kappa shape index (κ1) is 23.3. The molecule has 0 bridgehead atoms. The standard InChI is InChI=1S/C18H12F6N2O3S/c19-17(20,21)9-5-6-12(18(22,23)24)11(7-9)16(29)30-13-4-2-1-3-10(13)15(28)26-8-14(25)27/h1-7H,8H2,(H2,25,27)(H,26,28). The fourth-order valence-corrected chi connectivity index (χ4v) is 3.19. The highest BCUT2D eigenvalue weighted by Gasteiger charge is 2.38. The van der Waals surface area contributed by atoms with Gasteiger partial charge in [-0.05, 0) is 42.1 Å². The zero-order valence-corrected chi connectivity index (χ0v) is 15.5. The van der Waals surface area contributed by atoms with Crippen molar-refractivity contribution in [3.05, 3.63) is 64.7 Å². The van der Waals surface area contributed by atoms with Gasteiger partial charge in [0.1, 0.15) is 0 Å². The van der Waals surface area contributed by atoms with E-state index < -0.39 is 52.5 Å². The number of carbonyl (C=O) groups excluding carboxylic acids is 3. The molecule has 0 fully saturated rings. The van der Waals surface area contributed by atoms with Crippen LogP contribution in [-0.4, -0.2) is 23.5 Å². The van der Waals surface area contributed by atoms with E-state index in [0.29, 0.717) is 0 Å². The number of primary amides is 1. The number of carbonyl (C=O) groups is 3. The molecule has 0 saturated carbocycles. The van der Waals surface area contributed by atoms with E-state index in [9.17, 15) is 40.7 Å². The fraction of sp³-hybridized carbons (Fsp3) is 0.167. The molecule has 12 heteroatoms. The number of hydrogen-bond donors (Lipinski definition) is 2. The van der Waals surface area contributed by atoms with E-state index in [1.54, 1.807) is 0 Å². The number of rotatable bonds is 5. The van der Waals surface area contributed by atoms with Gasteiger partial charge in [-0.1, -0.05) is 12.1 Å². The Balaban J connectivity index is 2.43. The molecule has 2 amide bonds. The van der Waals surface area contributed by atoms with Crippen LogP contribution in [0.5, 0.6) is 0 Å². The Kier molecular flexibility index (Phi) is 6.80. The zero-order chi connectivity index (χ0) is 22.7. The van der Waals surface area contributed by atoms with E-state index in [0.717, 1.165) is 0 Å². The van der Waals surface area contributed by atoms with Crippen LogP contribution in [0, 0.1) is 0 Å². The lowest BCUT2D eigenvalue weighted by molar-refractivity contribution is -0.141. The molecule has 2 aromatic carbocycles. The van der Waals surface area contributed by atoms with E-state index in [2.05, 4.69) is 5.32 Å². The molecule has 3 N–H and O–H groups in total. The summed E-state index contributed by atoms with van der Waals surface area (Å²) in [6.45, 7) is -0.530. The van der Waals surface area contributed by atoms with E-state index in [-0.39, 0.29) is 40.4 Å². The van der Waals surface area contributed by atoms with Crippen LogP contribution in [0.15, 0.2) is 47.4 Å². The SMILES string of the molecule is NC(=O)CNC(=O)c1ccccc1SC(=O)c1cc(C(F)(F)F)ccc1C(F)(F)F. The molecule has 0 unspecified atom stereocenters. The van der Waals surface area contributed by atoms with Gasteiger partial charge < -0.3 is 11.1 Å². The summed E-state index contributed by atoms with van der Waals surface area (Å²) >= 11 is 0.152. The zero-order valence-electron chi connectivity index (χ0n) is 14.7. The third-order valence-electron chi connectivity index (χ3n) is 3.63. The van der Waals surface area contributed by atoms with Crippen molar-refractivity contribution in [2.75, 3.05) is 6.54 Å². The lowest BCUT2D eigenvalue weighted by Crippen LogP contribution is -2.33. The smallest absolute Gasteiger partial charge is 0.368 e. The van der Waals surface area contributed by atoms with Gasteiger partial charge in [0.25, 0.3) is 5.91 Å². The quantitative estimate of drug-likeness (QED) is 0.535. The average Bonchev–Trinajstić information content (AvgIpc) is 2.64. The van der Waals surface area contributed by atoms with Crippen LogP contribution in [0.2, 0.25) is 0 Å². The minimum absolute atomic E-state index is 0.116. The second kappa shape index (κ2) is 8.78. The molecular weight excluding hydrogens is 438 g/mol. The number of hydrogen-bond acceptors (Lipinski definition) is 4. The van der Waals surface area contributed by atoms with E-state index in [1.165, 1.54) is 24.3 Å². The van der Waals surface area contributed by atoms with E-state index in [1.807, 2.05) is 0 Å². The number of benzene rings is 2. The topological polar surface area (TPSA) is 89.3 Å². The number of nitrogens with one attached hydrogen (secondary N) is 1. The van der Waals surface area contributed by atoms with Crippen LogP contribution < -0.4 is 11.1 Å². The first-order valence-electron chi connectivity index (χ1n) is 7.97. The molecule has 0 heterocycles. The predicted octanol–water partition coefficient (Wildman–Crippen LogP) is 3.87. The van der Waals surface area contributed by atoms with Crippen molar-refractivity contribution in [1.29, 1.82) is 0 Å². The molecule has 5 nitrogen and oxygen atoms in total. The highest BCUT2D eigenvalue weighted by Crippen LogP contribution is 2.39. The maximum absolute atomic E-state index is 13.2. The lowest BCUT2D eigenvalue weighted by atomic mass is 10.0. The molecule has 0 atom stereocenters.